The zero-order valence-corrected chi connectivity index (χ0v) is 18.7. The largest absolute Gasteiger partial charge is 0.504 e. The first-order chi connectivity index (χ1) is 15.1. The number of benzene rings is 3. The second-order valence-electron chi connectivity index (χ2n) is 8.15. The predicted molar refractivity (Wildman–Crippen MR) is 128 cm³/mol. The number of aromatic hydroxyl groups is 1. The molecule has 0 saturated heterocycles. The number of halogens is 1. The van der Waals surface area contributed by atoms with E-state index in [1.807, 2.05) is 37.3 Å². The van der Waals surface area contributed by atoms with Gasteiger partial charge in [0.05, 0.1) is 0 Å². The van der Waals surface area contributed by atoms with E-state index in [0.29, 0.717) is 23.3 Å². The number of phenolic OH excluding ortho intramolecular Hbond substituents is 1. The molecule has 5 rings (SSSR count). The number of fused-ring (bicyclic) bond motifs is 3. The van der Waals surface area contributed by atoms with Crippen LogP contribution in [0.3, 0.4) is 0 Å². The number of rotatable bonds is 5. The van der Waals surface area contributed by atoms with Gasteiger partial charge in [0, 0.05) is 17.0 Å². The van der Waals surface area contributed by atoms with Crippen LogP contribution in [0.15, 0.2) is 69.9 Å². The molecule has 2 N–H and O–H groups in total. The molecule has 0 aromatic heterocycles. The molecule has 5 nitrogen and oxygen atoms in total. The summed E-state index contributed by atoms with van der Waals surface area (Å²) < 4.78 is 12.2. The van der Waals surface area contributed by atoms with Gasteiger partial charge in [0.25, 0.3) is 5.43 Å². The van der Waals surface area contributed by atoms with E-state index in [4.69, 9.17) is 9.15 Å². The van der Waals surface area contributed by atoms with Crippen LogP contribution in [0.25, 0.3) is 22.3 Å². The van der Waals surface area contributed by atoms with Crippen molar-refractivity contribution in [2.24, 2.45) is 0 Å². The van der Waals surface area contributed by atoms with Gasteiger partial charge in [-0.25, -0.2) is 0 Å². The van der Waals surface area contributed by atoms with E-state index in [2.05, 4.69) is 29.6 Å². The van der Waals surface area contributed by atoms with Crippen molar-refractivity contribution in [3.05, 3.63) is 82.0 Å². The van der Waals surface area contributed by atoms with Crippen LogP contribution in [0.1, 0.15) is 30.9 Å². The third kappa shape index (κ3) is 4.18. The third-order valence-corrected chi connectivity index (χ3v) is 6.04. The van der Waals surface area contributed by atoms with Crippen LogP contribution in [0.4, 0.5) is 0 Å². The highest BCUT2D eigenvalue weighted by atomic mass is 35.5. The molecule has 2 aromatic rings. The van der Waals surface area contributed by atoms with Gasteiger partial charge in [-0.2, -0.15) is 0 Å². The van der Waals surface area contributed by atoms with Crippen molar-refractivity contribution in [1.82, 2.24) is 5.32 Å². The van der Waals surface area contributed by atoms with Crippen molar-refractivity contribution in [3.8, 4) is 22.8 Å². The van der Waals surface area contributed by atoms with Crippen LogP contribution >= 0.6 is 12.4 Å². The molecule has 0 amide bonds. The summed E-state index contributed by atoms with van der Waals surface area (Å²) in [5.74, 6) is 0.0708. The number of nitrogens with one attached hydrogen (secondary N) is 1. The van der Waals surface area contributed by atoms with Crippen LogP contribution in [-0.2, 0) is 12.8 Å². The molecule has 2 unspecified atom stereocenters. The zero-order valence-electron chi connectivity index (χ0n) is 17.8. The maximum absolute atomic E-state index is 12.8. The predicted octanol–water partition coefficient (Wildman–Crippen LogP) is 5.29. The number of phenols is 1. The van der Waals surface area contributed by atoms with Crippen LogP contribution < -0.4 is 15.5 Å². The summed E-state index contributed by atoms with van der Waals surface area (Å²) in [7, 11) is 0. The molecule has 0 radical (unpaired) electrons. The fraction of sp³-hybridized carbons (Fsp3) is 0.269. The lowest BCUT2D eigenvalue weighted by Crippen LogP contribution is -2.44. The Labute approximate surface area is 192 Å². The van der Waals surface area contributed by atoms with E-state index in [1.54, 1.807) is 0 Å². The molecule has 6 heteroatoms. The highest BCUT2D eigenvalue weighted by Crippen LogP contribution is 2.36. The van der Waals surface area contributed by atoms with Crippen molar-refractivity contribution >= 4 is 23.4 Å². The average molecular weight is 452 g/mol. The van der Waals surface area contributed by atoms with Crippen LogP contribution in [-0.4, -0.2) is 17.4 Å². The standard InChI is InChI=1S/C26H25NO4.ClH/c1-2-23(27-20-12-11-16-7-3-4-8-17(16)14-20)31-26-24(29)21(28)15-19-13-18-9-5-6-10-22(18)30-25(19)26;/h3-10,13,15,20,23,27-28H,2,11-12,14H2,1H3;1H. The summed E-state index contributed by atoms with van der Waals surface area (Å²) in [4.78, 5) is 12.8. The van der Waals surface area contributed by atoms with E-state index in [0.717, 1.165) is 24.6 Å². The molecule has 0 saturated carbocycles. The Balaban J connectivity index is 0.00000245. The van der Waals surface area contributed by atoms with Crippen molar-refractivity contribution < 1.29 is 14.3 Å². The quantitative estimate of drug-likeness (QED) is 0.319. The van der Waals surface area contributed by atoms with Crippen molar-refractivity contribution in [1.29, 1.82) is 0 Å². The normalized spacial score (nSPS) is 16.3. The smallest absolute Gasteiger partial charge is 0.265 e. The maximum Gasteiger partial charge on any atom is 0.265 e. The Morgan fingerprint density at radius 1 is 1.12 bits per heavy atom. The molecule has 0 spiro atoms. The van der Waals surface area contributed by atoms with E-state index in [9.17, 15) is 9.90 Å². The maximum atomic E-state index is 12.8. The van der Waals surface area contributed by atoms with Crippen molar-refractivity contribution in [3.63, 3.8) is 0 Å². The molecule has 3 aliphatic rings. The van der Waals surface area contributed by atoms with E-state index < -0.39 is 5.43 Å². The summed E-state index contributed by atoms with van der Waals surface area (Å²) in [5, 5.41) is 14.7. The molecule has 2 aromatic carbocycles. The molecular formula is C26H26ClNO4. The van der Waals surface area contributed by atoms with E-state index in [1.165, 1.54) is 17.2 Å². The lowest BCUT2D eigenvalue weighted by Gasteiger charge is -2.30. The van der Waals surface area contributed by atoms with Gasteiger partial charge < -0.3 is 14.3 Å². The zero-order chi connectivity index (χ0) is 21.4. The van der Waals surface area contributed by atoms with Crippen molar-refractivity contribution in [2.75, 3.05) is 0 Å². The van der Waals surface area contributed by atoms with Gasteiger partial charge in [0.1, 0.15) is 5.58 Å². The first-order valence-corrected chi connectivity index (χ1v) is 10.8. The second kappa shape index (κ2) is 9.23. The van der Waals surface area contributed by atoms with Gasteiger partial charge in [0.2, 0.25) is 5.75 Å². The van der Waals surface area contributed by atoms with Crippen molar-refractivity contribution in [2.45, 2.75) is 44.9 Å². The number of aryl methyl sites for hydroxylation is 1. The first kappa shape index (κ1) is 22.2. The second-order valence-corrected chi connectivity index (χ2v) is 8.15. The van der Waals surface area contributed by atoms with Gasteiger partial charge >= 0.3 is 0 Å². The van der Waals surface area contributed by atoms with E-state index >= 15 is 0 Å². The molecule has 0 bridgehead atoms. The van der Waals surface area contributed by atoms with Gasteiger partial charge in [-0.05, 0) is 55.0 Å². The Kier molecular flexibility index (Phi) is 6.40. The summed E-state index contributed by atoms with van der Waals surface area (Å²) in [5.41, 5.74) is 3.50. The molecule has 1 aliphatic heterocycles. The summed E-state index contributed by atoms with van der Waals surface area (Å²) in [6.07, 6.45) is 3.26. The van der Waals surface area contributed by atoms with Crippen LogP contribution in [0.2, 0.25) is 0 Å². The number of ether oxygens (including phenoxy) is 1. The highest BCUT2D eigenvalue weighted by Gasteiger charge is 2.26. The number of hydrogen-bond acceptors (Lipinski definition) is 5. The van der Waals surface area contributed by atoms with Gasteiger partial charge in [-0.3, -0.25) is 10.1 Å². The first-order valence-electron chi connectivity index (χ1n) is 10.8. The lowest BCUT2D eigenvalue weighted by atomic mass is 9.88. The Morgan fingerprint density at radius 2 is 1.88 bits per heavy atom. The fourth-order valence-corrected chi connectivity index (χ4v) is 4.40. The Hall–Kier alpha value is -3.02. The molecule has 0 fully saturated rings. The van der Waals surface area contributed by atoms with Gasteiger partial charge in [0.15, 0.2) is 17.7 Å². The third-order valence-electron chi connectivity index (χ3n) is 6.04. The summed E-state index contributed by atoms with van der Waals surface area (Å²) in [6.45, 7) is 2.01. The van der Waals surface area contributed by atoms with Crippen LogP contribution in [0, 0.1) is 0 Å². The molecule has 2 atom stereocenters. The van der Waals surface area contributed by atoms with Gasteiger partial charge in [-0.15, -0.1) is 12.4 Å². The summed E-state index contributed by atoms with van der Waals surface area (Å²) in [6, 6.07) is 19.7. The number of para-hydroxylation sites is 1. The lowest BCUT2D eigenvalue weighted by molar-refractivity contribution is 0.136. The topological polar surface area (TPSA) is 71.7 Å². The van der Waals surface area contributed by atoms with Crippen LogP contribution in [0.5, 0.6) is 11.5 Å². The Morgan fingerprint density at radius 3 is 2.69 bits per heavy atom. The SMILES string of the molecule is CCC(NC1CCc2ccccc2C1)Oc1c2oc3ccccc3cc-2cc(O)c1=O.Cl. The minimum Gasteiger partial charge on any atom is -0.504 e. The number of hydrogen-bond donors (Lipinski definition) is 2. The summed E-state index contributed by atoms with van der Waals surface area (Å²) >= 11 is 0. The molecule has 1 heterocycles. The molecule has 32 heavy (non-hydrogen) atoms. The fourth-order valence-electron chi connectivity index (χ4n) is 4.40. The monoisotopic (exact) mass is 451 g/mol. The highest BCUT2D eigenvalue weighted by molar-refractivity contribution is 5.85. The molecule has 2 aliphatic carbocycles. The molecular weight excluding hydrogens is 426 g/mol. The van der Waals surface area contributed by atoms with Gasteiger partial charge in [-0.1, -0.05) is 49.4 Å². The molecule has 166 valence electrons. The van der Waals surface area contributed by atoms with E-state index in [-0.39, 0.29) is 36.2 Å². The average Bonchev–Trinajstić information content (AvgIpc) is 2.80. The minimum absolute atomic E-state index is 0. The minimum atomic E-state index is -0.555. The Bertz CT molecular complexity index is 1270.